The molecule has 2 unspecified atom stereocenters. The van der Waals surface area contributed by atoms with Crippen molar-refractivity contribution in [2.24, 2.45) is 5.92 Å². The Balaban J connectivity index is 2.23. The number of carboxylic acids is 1. The van der Waals surface area contributed by atoms with Crippen LogP contribution in [0.25, 0.3) is 0 Å². The maximum absolute atomic E-state index is 12.4. The zero-order chi connectivity index (χ0) is 14.0. The molecule has 19 heavy (non-hydrogen) atoms. The Labute approximate surface area is 119 Å². The van der Waals surface area contributed by atoms with Crippen molar-refractivity contribution in [2.45, 2.75) is 13.0 Å². The van der Waals surface area contributed by atoms with Crippen LogP contribution in [-0.4, -0.2) is 47.7 Å². The topological polar surface area (TPSA) is 66.8 Å². The van der Waals surface area contributed by atoms with E-state index in [-0.39, 0.29) is 19.1 Å². The van der Waals surface area contributed by atoms with Gasteiger partial charge in [0.1, 0.15) is 10.8 Å². The summed E-state index contributed by atoms with van der Waals surface area (Å²) in [5.74, 6) is -1.85. The number of amides is 1. The first-order valence-electron chi connectivity index (χ1n) is 5.90. The molecular formula is C12H14ClNO4S. The lowest BCUT2D eigenvalue weighted by atomic mass is 10.0. The quantitative estimate of drug-likeness (QED) is 0.923. The van der Waals surface area contributed by atoms with Crippen molar-refractivity contribution in [1.29, 1.82) is 0 Å². The number of rotatable bonds is 4. The summed E-state index contributed by atoms with van der Waals surface area (Å²) in [7, 11) is 0. The molecule has 5 nitrogen and oxygen atoms in total. The van der Waals surface area contributed by atoms with Crippen LogP contribution in [0.5, 0.6) is 0 Å². The third kappa shape index (κ3) is 2.75. The van der Waals surface area contributed by atoms with Gasteiger partial charge < -0.3 is 14.7 Å². The van der Waals surface area contributed by atoms with Crippen LogP contribution in [0, 0.1) is 5.92 Å². The second kappa shape index (κ2) is 5.90. The summed E-state index contributed by atoms with van der Waals surface area (Å²) in [5, 5.41) is 11.3. The molecule has 2 heterocycles. The van der Waals surface area contributed by atoms with Gasteiger partial charge in [-0.2, -0.15) is 0 Å². The predicted octanol–water partition coefficient (Wildman–Crippen LogP) is 1.96. The molecule has 0 spiro atoms. The maximum Gasteiger partial charge on any atom is 0.311 e. The van der Waals surface area contributed by atoms with Gasteiger partial charge >= 0.3 is 5.97 Å². The lowest BCUT2D eigenvalue weighted by molar-refractivity contribution is -0.142. The molecule has 2 rings (SSSR count). The average Bonchev–Trinajstić information content (AvgIpc) is 2.98. The fourth-order valence-electron chi connectivity index (χ4n) is 2.19. The van der Waals surface area contributed by atoms with Crippen LogP contribution in [-0.2, 0) is 9.53 Å². The van der Waals surface area contributed by atoms with E-state index in [0.717, 1.165) is 0 Å². The zero-order valence-electron chi connectivity index (χ0n) is 10.3. The molecule has 1 aliphatic heterocycles. The highest BCUT2D eigenvalue weighted by atomic mass is 35.5. The summed E-state index contributed by atoms with van der Waals surface area (Å²) in [5.41, 5.74) is 0. The van der Waals surface area contributed by atoms with E-state index in [0.29, 0.717) is 16.4 Å². The summed E-state index contributed by atoms with van der Waals surface area (Å²) in [6.07, 6.45) is 0. The average molecular weight is 304 g/mol. The SMILES string of the molecule is CCN(C(=O)c1sccc1Cl)C1COCC1C(=O)O. The number of nitrogens with zero attached hydrogens (tertiary/aromatic N) is 1. The van der Waals surface area contributed by atoms with Gasteiger partial charge in [-0.3, -0.25) is 9.59 Å². The number of halogens is 1. The Morgan fingerprint density at radius 1 is 1.58 bits per heavy atom. The van der Waals surface area contributed by atoms with Crippen LogP contribution in [0.4, 0.5) is 0 Å². The Morgan fingerprint density at radius 2 is 2.32 bits per heavy atom. The number of hydrogen-bond acceptors (Lipinski definition) is 4. The van der Waals surface area contributed by atoms with E-state index < -0.39 is 17.9 Å². The van der Waals surface area contributed by atoms with Crippen LogP contribution < -0.4 is 0 Å². The van der Waals surface area contributed by atoms with Gasteiger partial charge in [0.05, 0.1) is 24.3 Å². The molecule has 104 valence electrons. The lowest BCUT2D eigenvalue weighted by Gasteiger charge is -2.29. The van der Waals surface area contributed by atoms with Gasteiger partial charge in [-0.1, -0.05) is 11.6 Å². The Kier molecular flexibility index (Phi) is 4.44. The number of ether oxygens (including phenoxy) is 1. The molecule has 0 aliphatic carbocycles. The Hall–Kier alpha value is -1.11. The third-order valence-corrected chi connectivity index (χ3v) is 4.51. The number of likely N-dealkylation sites (N-methyl/N-ethyl adjacent to an activating group) is 1. The first-order valence-corrected chi connectivity index (χ1v) is 7.16. The summed E-state index contributed by atoms with van der Waals surface area (Å²) < 4.78 is 5.21. The molecule has 1 fully saturated rings. The number of aliphatic carboxylic acids is 1. The van der Waals surface area contributed by atoms with Crippen LogP contribution in [0.2, 0.25) is 5.02 Å². The molecule has 1 N–H and O–H groups in total. The number of thiophene rings is 1. The smallest absolute Gasteiger partial charge is 0.311 e. The highest BCUT2D eigenvalue weighted by molar-refractivity contribution is 7.12. The van der Waals surface area contributed by atoms with Crippen molar-refractivity contribution in [3.63, 3.8) is 0 Å². The van der Waals surface area contributed by atoms with E-state index in [1.165, 1.54) is 16.2 Å². The molecule has 0 radical (unpaired) electrons. The highest BCUT2D eigenvalue weighted by Gasteiger charge is 2.40. The van der Waals surface area contributed by atoms with E-state index >= 15 is 0 Å². The Bertz CT molecular complexity index is 490. The molecule has 1 aliphatic rings. The summed E-state index contributed by atoms with van der Waals surface area (Å²) >= 11 is 7.22. The molecule has 2 atom stereocenters. The molecule has 1 aromatic heterocycles. The molecule has 0 saturated carbocycles. The van der Waals surface area contributed by atoms with E-state index in [1.54, 1.807) is 11.4 Å². The van der Waals surface area contributed by atoms with E-state index in [4.69, 9.17) is 21.4 Å². The van der Waals surface area contributed by atoms with Gasteiger partial charge in [0.25, 0.3) is 5.91 Å². The van der Waals surface area contributed by atoms with Gasteiger partial charge in [-0.15, -0.1) is 11.3 Å². The first-order chi connectivity index (χ1) is 9.06. The zero-order valence-corrected chi connectivity index (χ0v) is 11.9. The minimum absolute atomic E-state index is 0.141. The molecule has 1 saturated heterocycles. The summed E-state index contributed by atoms with van der Waals surface area (Å²) in [6, 6.07) is 1.22. The van der Waals surface area contributed by atoms with E-state index in [2.05, 4.69) is 0 Å². The van der Waals surface area contributed by atoms with Gasteiger partial charge in [0, 0.05) is 6.54 Å². The molecule has 0 aromatic carbocycles. The van der Waals surface area contributed by atoms with E-state index in [9.17, 15) is 9.59 Å². The second-order valence-electron chi connectivity index (χ2n) is 4.24. The minimum atomic E-state index is -0.939. The van der Waals surface area contributed by atoms with E-state index in [1.807, 2.05) is 6.92 Å². The largest absolute Gasteiger partial charge is 0.481 e. The Morgan fingerprint density at radius 3 is 2.84 bits per heavy atom. The fraction of sp³-hybridized carbons (Fsp3) is 0.500. The molecule has 0 bridgehead atoms. The maximum atomic E-state index is 12.4. The van der Waals surface area contributed by atoms with Gasteiger partial charge in [0.2, 0.25) is 0 Å². The highest BCUT2D eigenvalue weighted by Crippen LogP contribution is 2.27. The summed E-state index contributed by atoms with van der Waals surface area (Å²) in [4.78, 5) is 25.6. The number of carbonyl (C=O) groups is 2. The molecular weight excluding hydrogens is 290 g/mol. The lowest BCUT2D eigenvalue weighted by Crippen LogP contribution is -2.46. The first kappa shape index (κ1) is 14.3. The fourth-order valence-corrected chi connectivity index (χ4v) is 3.28. The normalized spacial score (nSPS) is 22.4. The van der Waals surface area contributed by atoms with Crippen molar-refractivity contribution in [1.82, 2.24) is 4.90 Å². The van der Waals surface area contributed by atoms with Crippen LogP contribution >= 0.6 is 22.9 Å². The number of carboxylic acid groups (broad SMARTS) is 1. The standard InChI is InChI=1S/C12H14ClNO4S/c1-2-14(9-6-18-5-7(9)12(16)17)11(15)10-8(13)3-4-19-10/h3-4,7,9H,2,5-6H2,1H3,(H,16,17). The van der Waals surface area contributed by atoms with Crippen molar-refractivity contribution in [2.75, 3.05) is 19.8 Å². The third-order valence-electron chi connectivity index (χ3n) is 3.18. The molecule has 7 heteroatoms. The van der Waals surface area contributed by atoms with Gasteiger partial charge in [0.15, 0.2) is 0 Å². The van der Waals surface area contributed by atoms with Crippen molar-refractivity contribution in [3.8, 4) is 0 Å². The molecule has 1 amide bonds. The van der Waals surface area contributed by atoms with Crippen LogP contribution in [0.1, 0.15) is 16.6 Å². The monoisotopic (exact) mass is 303 g/mol. The summed E-state index contributed by atoms with van der Waals surface area (Å²) in [6.45, 7) is 2.63. The van der Waals surface area contributed by atoms with Gasteiger partial charge in [-0.25, -0.2) is 0 Å². The van der Waals surface area contributed by atoms with Crippen LogP contribution in [0.15, 0.2) is 11.4 Å². The van der Waals surface area contributed by atoms with Crippen molar-refractivity contribution >= 4 is 34.8 Å². The van der Waals surface area contributed by atoms with Crippen molar-refractivity contribution in [3.05, 3.63) is 21.3 Å². The number of carbonyl (C=O) groups excluding carboxylic acids is 1. The number of hydrogen-bond donors (Lipinski definition) is 1. The minimum Gasteiger partial charge on any atom is -0.481 e. The second-order valence-corrected chi connectivity index (χ2v) is 5.56. The van der Waals surface area contributed by atoms with Crippen LogP contribution in [0.3, 0.4) is 0 Å². The van der Waals surface area contributed by atoms with Crippen molar-refractivity contribution < 1.29 is 19.4 Å². The predicted molar refractivity (Wildman–Crippen MR) is 71.8 cm³/mol. The molecule has 1 aromatic rings. The van der Waals surface area contributed by atoms with Gasteiger partial charge in [-0.05, 0) is 18.4 Å².